The molecule has 1 aromatic rings. The van der Waals surface area contributed by atoms with Crippen LogP contribution in [0.2, 0.25) is 5.02 Å². The molecule has 0 atom stereocenters. The predicted molar refractivity (Wildman–Crippen MR) is 77.5 cm³/mol. The van der Waals surface area contributed by atoms with Crippen LogP contribution in [0.3, 0.4) is 0 Å². The van der Waals surface area contributed by atoms with E-state index in [0.717, 1.165) is 19.2 Å². The lowest BCUT2D eigenvalue weighted by atomic mass is 10.3. The van der Waals surface area contributed by atoms with Gasteiger partial charge in [-0.3, -0.25) is 10.1 Å². The van der Waals surface area contributed by atoms with Gasteiger partial charge in [0.05, 0.1) is 9.82 Å². The smallest absolute Gasteiger partial charge is 0.289 e. The summed E-state index contributed by atoms with van der Waals surface area (Å²) in [5.74, 6) is 0. The number of hydrogen-bond acceptors (Lipinski definition) is 6. The minimum Gasteiger partial charge on any atom is -0.304 e. The second-order valence-corrected chi connectivity index (χ2v) is 6.82. The van der Waals surface area contributed by atoms with Crippen LogP contribution < -0.4 is 4.83 Å². The summed E-state index contributed by atoms with van der Waals surface area (Å²) in [6, 6.07) is 3.41. The number of rotatable bonds is 4. The number of hydrazine groups is 1. The van der Waals surface area contributed by atoms with Crippen molar-refractivity contribution in [2.75, 3.05) is 33.2 Å². The van der Waals surface area contributed by atoms with Gasteiger partial charge >= 0.3 is 0 Å². The zero-order chi connectivity index (χ0) is 15.6. The first-order valence-electron chi connectivity index (χ1n) is 6.19. The van der Waals surface area contributed by atoms with Crippen LogP contribution in [0.1, 0.15) is 0 Å². The molecule has 1 aliphatic heterocycles. The van der Waals surface area contributed by atoms with Crippen molar-refractivity contribution in [3.05, 3.63) is 33.3 Å². The molecule has 1 aliphatic rings. The van der Waals surface area contributed by atoms with Crippen molar-refractivity contribution >= 4 is 27.3 Å². The van der Waals surface area contributed by atoms with Crippen LogP contribution in [0.15, 0.2) is 23.1 Å². The highest BCUT2D eigenvalue weighted by Crippen LogP contribution is 2.27. The summed E-state index contributed by atoms with van der Waals surface area (Å²) in [6.07, 6.45) is 0. The Bertz CT molecular complexity index is 644. The van der Waals surface area contributed by atoms with Gasteiger partial charge in [0.15, 0.2) is 0 Å². The SMILES string of the molecule is CN1CCN(NS(=O)(=O)c2ccc(Cl)c([N+](=O)[O-])c2)CC1. The molecular formula is C11H15ClN4O4S. The van der Waals surface area contributed by atoms with Gasteiger partial charge < -0.3 is 4.90 Å². The third kappa shape index (κ3) is 3.89. The molecule has 8 nitrogen and oxygen atoms in total. The number of benzene rings is 1. The van der Waals surface area contributed by atoms with Crippen molar-refractivity contribution in [1.82, 2.24) is 14.7 Å². The van der Waals surface area contributed by atoms with Gasteiger partial charge in [-0.1, -0.05) is 11.6 Å². The lowest BCUT2D eigenvalue weighted by Crippen LogP contribution is -2.52. The van der Waals surface area contributed by atoms with E-state index in [1.54, 1.807) is 5.01 Å². The Morgan fingerprint density at radius 1 is 1.29 bits per heavy atom. The van der Waals surface area contributed by atoms with Gasteiger partial charge in [0.1, 0.15) is 5.02 Å². The molecule has 0 radical (unpaired) electrons. The van der Waals surface area contributed by atoms with Crippen molar-refractivity contribution in [3.63, 3.8) is 0 Å². The standard InChI is InChI=1S/C11H15ClN4O4S/c1-14-4-6-15(7-5-14)13-21(19,20)9-2-3-10(12)11(8-9)16(17)18/h2-3,8,13H,4-7H2,1H3. The van der Waals surface area contributed by atoms with Crippen LogP contribution in [0, 0.1) is 10.1 Å². The molecule has 2 rings (SSSR count). The van der Waals surface area contributed by atoms with Crippen LogP contribution in [0.5, 0.6) is 0 Å². The lowest BCUT2D eigenvalue weighted by Gasteiger charge is -2.32. The number of nitro benzene ring substituents is 1. The highest BCUT2D eigenvalue weighted by molar-refractivity contribution is 7.89. The number of halogens is 1. The number of piperazine rings is 1. The highest BCUT2D eigenvalue weighted by Gasteiger charge is 2.24. The predicted octanol–water partition coefficient (Wildman–Crippen LogP) is 0.689. The fraction of sp³-hybridized carbons (Fsp3) is 0.455. The molecule has 1 fully saturated rings. The minimum atomic E-state index is -3.86. The summed E-state index contributed by atoms with van der Waals surface area (Å²) in [6.45, 7) is 2.57. The number of hydrogen-bond donors (Lipinski definition) is 1. The van der Waals surface area contributed by atoms with E-state index in [9.17, 15) is 18.5 Å². The average molecular weight is 335 g/mol. The van der Waals surface area contributed by atoms with E-state index in [-0.39, 0.29) is 9.92 Å². The van der Waals surface area contributed by atoms with E-state index in [4.69, 9.17) is 11.6 Å². The van der Waals surface area contributed by atoms with Gasteiger partial charge in [0.25, 0.3) is 15.7 Å². The third-order valence-corrected chi connectivity index (χ3v) is 4.87. The zero-order valence-corrected chi connectivity index (χ0v) is 12.9. The van der Waals surface area contributed by atoms with E-state index in [1.165, 1.54) is 12.1 Å². The molecule has 10 heteroatoms. The Hall–Kier alpha value is -1.26. The molecule has 1 heterocycles. The molecule has 0 aliphatic carbocycles. The normalized spacial score (nSPS) is 17.8. The fourth-order valence-electron chi connectivity index (χ4n) is 1.92. The summed E-state index contributed by atoms with van der Waals surface area (Å²) in [5.41, 5.74) is -0.432. The Balaban J connectivity index is 2.20. The maximum Gasteiger partial charge on any atom is 0.289 e. The van der Waals surface area contributed by atoms with E-state index < -0.39 is 20.6 Å². The number of sulfonamides is 1. The van der Waals surface area contributed by atoms with Crippen LogP contribution >= 0.6 is 11.6 Å². The highest BCUT2D eigenvalue weighted by atomic mass is 35.5. The van der Waals surface area contributed by atoms with Gasteiger partial charge in [-0.2, -0.15) is 0 Å². The summed E-state index contributed by atoms with van der Waals surface area (Å²) < 4.78 is 24.5. The summed E-state index contributed by atoms with van der Waals surface area (Å²) in [5, 5.41) is 12.3. The first-order chi connectivity index (χ1) is 9.79. The van der Waals surface area contributed by atoms with Crippen LogP contribution in [0.4, 0.5) is 5.69 Å². The molecule has 21 heavy (non-hydrogen) atoms. The molecular weight excluding hydrogens is 320 g/mol. The fourth-order valence-corrected chi connectivity index (χ4v) is 3.25. The molecule has 0 unspecified atom stereocenters. The number of nitrogens with zero attached hydrogens (tertiary/aromatic N) is 3. The minimum absolute atomic E-state index is 0.0986. The van der Waals surface area contributed by atoms with Gasteiger partial charge in [0, 0.05) is 32.2 Å². The lowest BCUT2D eigenvalue weighted by molar-refractivity contribution is -0.384. The van der Waals surface area contributed by atoms with Crippen molar-refractivity contribution in [2.45, 2.75) is 4.90 Å². The molecule has 0 amide bonds. The monoisotopic (exact) mass is 334 g/mol. The molecule has 0 saturated carbocycles. The second-order valence-electron chi connectivity index (χ2n) is 4.76. The van der Waals surface area contributed by atoms with Crippen molar-refractivity contribution in [3.8, 4) is 0 Å². The molecule has 0 spiro atoms. The third-order valence-electron chi connectivity index (χ3n) is 3.18. The number of likely N-dealkylation sites (N-methyl/N-ethyl adjacent to an activating group) is 1. The quantitative estimate of drug-likeness (QED) is 0.643. The Morgan fingerprint density at radius 2 is 1.90 bits per heavy atom. The second kappa shape index (κ2) is 6.24. The van der Waals surface area contributed by atoms with Gasteiger partial charge in [-0.25, -0.2) is 13.4 Å². The number of nitro groups is 1. The molecule has 1 saturated heterocycles. The Kier molecular flexibility index (Phi) is 4.79. The molecule has 0 aromatic heterocycles. The maximum atomic E-state index is 12.2. The molecule has 1 aromatic carbocycles. The van der Waals surface area contributed by atoms with Gasteiger partial charge in [0.2, 0.25) is 0 Å². The summed E-state index contributed by atoms with van der Waals surface area (Å²) >= 11 is 5.68. The zero-order valence-electron chi connectivity index (χ0n) is 11.3. The van der Waals surface area contributed by atoms with Crippen LogP contribution in [0.25, 0.3) is 0 Å². The van der Waals surface area contributed by atoms with Crippen molar-refractivity contribution in [1.29, 1.82) is 0 Å². The van der Waals surface area contributed by atoms with E-state index in [2.05, 4.69) is 9.73 Å². The van der Waals surface area contributed by atoms with Crippen molar-refractivity contribution < 1.29 is 13.3 Å². The summed E-state index contributed by atoms with van der Waals surface area (Å²) in [7, 11) is -1.90. The van der Waals surface area contributed by atoms with Crippen molar-refractivity contribution in [2.24, 2.45) is 0 Å². The Morgan fingerprint density at radius 3 is 2.48 bits per heavy atom. The topological polar surface area (TPSA) is 95.8 Å². The maximum absolute atomic E-state index is 12.2. The largest absolute Gasteiger partial charge is 0.304 e. The van der Waals surface area contributed by atoms with Gasteiger partial charge in [-0.15, -0.1) is 4.83 Å². The van der Waals surface area contributed by atoms with Crippen LogP contribution in [-0.2, 0) is 10.0 Å². The molecule has 116 valence electrons. The summed E-state index contributed by atoms with van der Waals surface area (Å²) in [4.78, 5) is 14.4. The van der Waals surface area contributed by atoms with Gasteiger partial charge in [-0.05, 0) is 19.2 Å². The first-order valence-corrected chi connectivity index (χ1v) is 8.05. The van der Waals surface area contributed by atoms with E-state index in [0.29, 0.717) is 13.1 Å². The number of nitrogens with one attached hydrogen (secondary N) is 1. The Labute approximate surface area is 127 Å². The van der Waals surface area contributed by atoms with E-state index >= 15 is 0 Å². The molecule has 0 bridgehead atoms. The first kappa shape index (κ1) is 16.1. The van der Waals surface area contributed by atoms with Crippen LogP contribution in [-0.4, -0.2) is 56.5 Å². The van der Waals surface area contributed by atoms with E-state index in [1.807, 2.05) is 7.05 Å². The average Bonchev–Trinajstić information content (AvgIpc) is 2.41. The molecule has 1 N–H and O–H groups in total.